The highest BCUT2D eigenvalue weighted by Crippen LogP contribution is 2.37. The normalized spacial score (nSPS) is 11.5. The van der Waals surface area contributed by atoms with Crippen molar-refractivity contribution < 1.29 is 0 Å². The third-order valence-electron chi connectivity index (χ3n) is 7.31. The zero-order valence-corrected chi connectivity index (χ0v) is 21.4. The number of para-hydroxylation sites is 2. The molecule has 40 heavy (non-hydrogen) atoms. The van der Waals surface area contributed by atoms with E-state index in [1.165, 1.54) is 16.3 Å². The van der Waals surface area contributed by atoms with Gasteiger partial charge in [0.25, 0.3) is 0 Å². The molecule has 0 N–H and O–H groups in total. The molecule has 0 spiro atoms. The van der Waals surface area contributed by atoms with E-state index in [4.69, 9.17) is 15.0 Å². The van der Waals surface area contributed by atoms with Crippen LogP contribution in [0.25, 0.3) is 67.1 Å². The van der Waals surface area contributed by atoms with Crippen molar-refractivity contribution in [3.05, 3.63) is 134 Å². The van der Waals surface area contributed by atoms with E-state index in [9.17, 15) is 0 Å². The highest BCUT2D eigenvalue weighted by molar-refractivity contribution is 6.18. The summed E-state index contributed by atoms with van der Waals surface area (Å²) in [6.07, 6.45) is 5.58. The Bertz CT molecular complexity index is 2090. The molecule has 0 fully saturated rings. The van der Waals surface area contributed by atoms with Crippen LogP contribution in [0.1, 0.15) is 0 Å². The molecule has 0 aliphatic carbocycles. The summed E-state index contributed by atoms with van der Waals surface area (Å²) in [5.41, 5.74) is 6.25. The third kappa shape index (κ3) is 3.50. The Morgan fingerprint density at radius 1 is 0.500 bits per heavy atom. The maximum Gasteiger partial charge on any atom is 0.238 e. The molecule has 0 amide bonds. The molecule has 0 unspecified atom stereocenters. The summed E-state index contributed by atoms with van der Waals surface area (Å²) in [4.78, 5) is 19.0. The predicted octanol–water partition coefficient (Wildman–Crippen LogP) is 7.64. The fourth-order valence-corrected chi connectivity index (χ4v) is 5.51. The summed E-state index contributed by atoms with van der Waals surface area (Å²) in [5, 5.41) is 3.56. The second kappa shape index (κ2) is 8.99. The van der Waals surface area contributed by atoms with Gasteiger partial charge in [0.1, 0.15) is 0 Å². The number of benzene rings is 4. The van der Waals surface area contributed by atoms with Gasteiger partial charge in [-0.15, -0.1) is 0 Å². The SMILES string of the molecule is c1ccc(-c2nc(-c3cccnc3)nc(-n3ccc4c3ccc3c5ccccc5n(-c5ccccc5)c34)n2)cc1. The molecule has 0 aliphatic heterocycles. The summed E-state index contributed by atoms with van der Waals surface area (Å²) in [6, 6.07) is 39.5. The number of pyridine rings is 1. The van der Waals surface area contributed by atoms with Gasteiger partial charge in [0.05, 0.1) is 16.6 Å². The lowest BCUT2D eigenvalue weighted by Gasteiger charge is -2.10. The molecule has 0 saturated heterocycles. The lowest BCUT2D eigenvalue weighted by molar-refractivity contribution is 0.932. The highest BCUT2D eigenvalue weighted by atomic mass is 15.2. The van der Waals surface area contributed by atoms with E-state index in [0.29, 0.717) is 17.6 Å². The van der Waals surface area contributed by atoms with Crippen molar-refractivity contribution in [3.8, 4) is 34.4 Å². The van der Waals surface area contributed by atoms with Crippen molar-refractivity contribution in [3.63, 3.8) is 0 Å². The Morgan fingerprint density at radius 2 is 1.23 bits per heavy atom. The molecule has 188 valence electrons. The van der Waals surface area contributed by atoms with Gasteiger partial charge in [-0.3, -0.25) is 9.55 Å². The average Bonchev–Trinajstić information content (AvgIpc) is 3.62. The quantitative estimate of drug-likeness (QED) is 0.242. The van der Waals surface area contributed by atoms with E-state index in [-0.39, 0.29) is 0 Å². The number of hydrogen-bond acceptors (Lipinski definition) is 4. The molecule has 0 radical (unpaired) electrons. The van der Waals surface area contributed by atoms with Crippen molar-refractivity contribution >= 4 is 32.7 Å². The van der Waals surface area contributed by atoms with Crippen LogP contribution < -0.4 is 0 Å². The standard InChI is InChI=1S/C34H22N6/c1-3-10-23(11-4-1)32-36-33(24-12-9-20-35-22-24)38-34(37-32)39-21-19-28-29(39)18-17-27-26-15-7-8-16-30(26)40(31(27)28)25-13-5-2-6-14-25/h1-22H. The molecule has 6 nitrogen and oxygen atoms in total. The van der Waals surface area contributed by atoms with Crippen LogP contribution in [0.5, 0.6) is 0 Å². The van der Waals surface area contributed by atoms with Crippen molar-refractivity contribution in [2.45, 2.75) is 0 Å². The summed E-state index contributed by atoms with van der Waals surface area (Å²) >= 11 is 0. The van der Waals surface area contributed by atoms with Crippen molar-refractivity contribution in [2.75, 3.05) is 0 Å². The van der Waals surface area contributed by atoms with Crippen LogP contribution in [0.15, 0.2) is 134 Å². The summed E-state index contributed by atoms with van der Waals surface area (Å²) in [7, 11) is 0. The molecule has 0 saturated carbocycles. The minimum Gasteiger partial charge on any atom is -0.309 e. The van der Waals surface area contributed by atoms with Crippen LogP contribution in [0.4, 0.5) is 0 Å². The molecule has 0 atom stereocenters. The van der Waals surface area contributed by atoms with E-state index in [0.717, 1.165) is 33.2 Å². The zero-order valence-electron chi connectivity index (χ0n) is 21.4. The predicted molar refractivity (Wildman–Crippen MR) is 160 cm³/mol. The average molecular weight is 515 g/mol. The van der Waals surface area contributed by atoms with Gasteiger partial charge in [-0.05, 0) is 42.5 Å². The van der Waals surface area contributed by atoms with Crippen LogP contribution >= 0.6 is 0 Å². The van der Waals surface area contributed by atoms with Gasteiger partial charge in [0.15, 0.2) is 11.6 Å². The van der Waals surface area contributed by atoms with Crippen LogP contribution in [-0.2, 0) is 0 Å². The number of fused-ring (bicyclic) bond motifs is 5. The molecule has 0 aliphatic rings. The second-order valence-corrected chi connectivity index (χ2v) is 9.66. The molecule has 4 aromatic carbocycles. The largest absolute Gasteiger partial charge is 0.309 e. The molecule has 6 heteroatoms. The summed E-state index contributed by atoms with van der Waals surface area (Å²) < 4.78 is 4.40. The van der Waals surface area contributed by atoms with E-state index >= 15 is 0 Å². The van der Waals surface area contributed by atoms with Gasteiger partial charge in [0, 0.05) is 51.6 Å². The maximum atomic E-state index is 4.94. The number of hydrogen-bond donors (Lipinski definition) is 0. The van der Waals surface area contributed by atoms with Gasteiger partial charge in [-0.2, -0.15) is 9.97 Å². The van der Waals surface area contributed by atoms with Crippen LogP contribution in [-0.4, -0.2) is 29.1 Å². The van der Waals surface area contributed by atoms with Gasteiger partial charge in [-0.25, -0.2) is 4.98 Å². The molecule has 4 heterocycles. The minimum absolute atomic E-state index is 0.560. The lowest BCUT2D eigenvalue weighted by Crippen LogP contribution is -2.05. The van der Waals surface area contributed by atoms with E-state index in [1.54, 1.807) is 12.4 Å². The Kier molecular flexibility index (Phi) is 5.03. The monoisotopic (exact) mass is 514 g/mol. The van der Waals surface area contributed by atoms with Crippen LogP contribution in [0.3, 0.4) is 0 Å². The molecule has 4 aromatic heterocycles. The van der Waals surface area contributed by atoms with Gasteiger partial charge in [-0.1, -0.05) is 72.8 Å². The molecular weight excluding hydrogens is 492 g/mol. The lowest BCUT2D eigenvalue weighted by atomic mass is 10.1. The maximum absolute atomic E-state index is 4.94. The molecular formula is C34H22N6. The van der Waals surface area contributed by atoms with E-state index in [2.05, 4.69) is 80.8 Å². The number of aromatic nitrogens is 6. The van der Waals surface area contributed by atoms with Crippen LogP contribution in [0, 0.1) is 0 Å². The molecule has 8 aromatic rings. The first-order chi connectivity index (χ1) is 19.8. The highest BCUT2D eigenvalue weighted by Gasteiger charge is 2.18. The molecule has 8 rings (SSSR count). The zero-order chi connectivity index (χ0) is 26.5. The topological polar surface area (TPSA) is 61.4 Å². The second-order valence-electron chi connectivity index (χ2n) is 9.66. The van der Waals surface area contributed by atoms with Crippen molar-refractivity contribution in [1.29, 1.82) is 0 Å². The van der Waals surface area contributed by atoms with Gasteiger partial charge in [0.2, 0.25) is 5.95 Å². The molecule has 0 bridgehead atoms. The van der Waals surface area contributed by atoms with E-state index in [1.807, 2.05) is 54.7 Å². The Morgan fingerprint density at radius 3 is 2.02 bits per heavy atom. The smallest absolute Gasteiger partial charge is 0.238 e. The van der Waals surface area contributed by atoms with Crippen LogP contribution in [0.2, 0.25) is 0 Å². The minimum atomic E-state index is 0.560. The summed E-state index contributed by atoms with van der Waals surface area (Å²) in [6.45, 7) is 0. The van der Waals surface area contributed by atoms with Crippen molar-refractivity contribution in [1.82, 2.24) is 29.1 Å². The fraction of sp³-hybridized carbons (Fsp3) is 0. The Labute approximate surface area is 229 Å². The first-order valence-electron chi connectivity index (χ1n) is 13.2. The first-order valence-corrected chi connectivity index (χ1v) is 13.2. The van der Waals surface area contributed by atoms with Gasteiger partial charge < -0.3 is 4.57 Å². The van der Waals surface area contributed by atoms with Gasteiger partial charge >= 0.3 is 0 Å². The summed E-state index contributed by atoms with van der Waals surface area (Å²) in [5.74, 6) is 1.76. The number of nitrogens with zero attached hydrogens (tertiary/aromatic N) is 6. The number of rotatable bonds is 4. The van der Waals surface area contributed by atoms with Crippen molar-refractivity contribution in [2.24, 2.45) is 0 Å². The van der Waals surface area contributed by atoms with E-state index < -0.39 is 0 Å². The Hall–Kier alpha value is -5.62. The fourth-order valence-electron chi connectivity index (χ4n) is 5.51. The first kappa shape index (κ1) is 22.4. The Balaban J connectivity index is 1.41. The third-order valence-corrected chi connectivity index (χ3v) is 7.31.